The molecule has 2 heterocycles. The summed E-state index contributed by atoms with van der Waals surface area (Å²) in [6.07, 6.45) is 0.303. The van der Waals surface area contributed by atoms with Gasteiger partial charge in [-0.1, -0.05) is 41.1 Å². The predicted octanol–water partition coefficient (Wildman–Crippen LogP) is 3.58. The molecule has 1 N–H and O–H groups in total. The minimum Gasteiger partial charge on any atom is -0.293 e. The molecular weight excluding hydrogens is 482 g/mol. The van der Waals surface area contributed by atoms with E-state index in [1.807, 2.05) is 6.92 Å². The van der Waals surface area contributed by atoms with Gasteiger partial charge in [-0.3, -0.25) is 4.79 Å². The SMILES string of the molecule is Cc1ccc(S(=O)(=O)NCCc2nnc3ccc(SCC(=O)c4ccc(Cl)cc4)nn23)cc1. The Hall–Kier alpha value is -2.79. The second kappa shape index (κ2) is 10.0. The minimum atomic E-state index is -3.62. The highest BCUT2D eigenvalue weighted by atomic mass is 35.5. The lowest BCUT2D eigenvalue weighted by Gasteiger charge is -2.07. The number of fused-ring (bicyclic) bond motifs is 1. The molecule has 0 radical (unpaired) electrons. The first-order chi connectivity index (χ1) is 15.8. The fourth-order valence-corrected chi connectivity index (χ4v) is 4.91. The van der Waals surface area contributed by atoms with Gasteiger partial charge in [0.2, 0.25) is 10.0 Å². The highest BCUT2D eigenvalue weighted by Gasteiger charge is 2.15. The molecule has 0 saturated carbocycles. The number of aromatic nitrogens is 4. The largest absolute Gasteiger partial charge is 0.293 e. The molecule has 170 valence electrons. The summed E-state index contributed by atoms with van der Waals surface area (Å²) in [7, 11) is -3.62. The summed E-state index contributed by atoms with van der Waals surface area (Å²) in [5.74, 6) is 0.699. The zero-order valence-corrected chi connectivity index (χ0v) is 20.0. The van der Waals surface area contributed by atoms with Crippen LogP contribution in [0.25, 0.3) is 5.65 Å². The smallest absolute Gasteiger partial charge is 0.240 e. The topological polar surface area (TPSA) is 106 Å². The third kappa shape index (κ3) is 5.77. The Bertz CT molecular complexity index is 1390. The Morgan fingerprint density at radius 3 is 2.48 bits per heavy atom. The molecule has 8 nitrogen and oxygen atoms in total. The van der Waals surface area contributed by atoms with Crippen LogP contribution in [0.3, 0.4) is 0 Å². The lowest BCUT2D eigenvalue weighted by Crippen LogP contribution is -2.26. The molecule has 11 heteroatoms. The number of Topliss-reactive ketones (excluding diaryl/α,β-unsaturated/α-hetero) is 1. The molecule has 4 aromatic rings. The van der Waals surface area contributed by atoms with Gasteiger partial charge in [-0.15, -0.1) is 10.2 Å². The Kier molecular flexibility index (Phi) is 7.08. The molecule has 0 aliphatic heterocycles. The fourth-order valence-electron chi connectivity index (χ4n) is 3.01. The molecule has 2 aromatic heterocycles. The number of thioether (sulfide) groups is 1. The van der Waals surface area contributed by atoms with E-state index >= 15 is 0 Å². The number of carbonyl (C=O) groups is 1. The van der Waals surface area contributed by atoms with E-state index in [4.69, 9.17) is 11.6 Å². The average molecular weight is 502 g/mol. The Morgan fingerprint density at radius 2 is 1.76 bits per heavy atom. The quantitative estimate of drug-likeness (QED) is 0.276. The van der Waals surface area contributed by atoms with Crippen molar-refractivity contribution in [3.63, 3.8) is 0 Å². The normalized spacial score (nSPS) is 11.7. The number of benzene rings is 2. The summed E-state index contributed by atoms with van der Waals surface area (Å²) >= 11 is 7.17. The van der Waals surface area contributed by atoms with Gasteiger partial charge in [0.1, 0.15) is 5.03 Å². The molecule has 0 atom stereocenters. The number of halogens is 1. The van der Waals surface area contributed by atoms with Gasteiger partial charge >= 0.3 is 0 Å². The van der Waals surface area contributed by atoms with Crippen molar-refractivity contribution in [1.29, 1.82) is 0 Å². The van der Waals surface area contributed by atoms with Gasteiger partial charge in [0.25, 0.3) is 0 Å². The average Bonchev–Trinajstić information content (AvgIpc) is 3.20. The van der Waals surface area contributed by atoms with Gasteiger partial charge in [0.15, 0.2) is 17.3 Å². The van der Waals surface area contributed by atoms with Crippen LogP contribution in [0, 0.1) is 6.92 Å². The third-order valence-electron chi connectivity index (χ3n) is 4.79. The first kappa shape index (κ1) is 23.4. The number of carbonyl (C=O) groups excluding carboxylic acids is 1. The molecule has 0 saturated heterocycles. The van der Waals surface area contributed by atoms with E-state index in [9.17, 15) is 13.2 Å². The van der Waals surface area contributed by atoms with Crippen molar-refractivity contribution in [2.75, 3.05) is 12.3 Å². The number of rotatable bonds is 9. The van der Waals surface area contributed by atoms with Crippen molar-refractivity contribution in [1.82, 2.24) is 24.5 Å². The molecular formula is C22H20ClN5O3S2. The van der Waals surface area contributed by atoms with Crippen LogP contribution in [0.2, 0.25) is 5.02 Å². The molecule has 0 aliphatic carbocycles. The van der Waals surface area contributed by atoms with Crippen molar-refractivity contribution in [3.05, 3.63) is 82.6 Å². The summed E-state index contributed by atoms with van der Waals surface area (Å²) in [6.45, 7) is 2.04. The van der Waals surface area contributed by atoms with E-state index in [-0.39, 0.29) is 23.0 Å². The summed E-state index contributed by atoms with van der Waals surface area (Å²) in [5, 5.41) is 13.9. The Morgan fingerprint density at radius 1 is 1.03 bits per heavy atom. The van der Waals surface area contributed by atoms with Crippen molar-refractivity contribution < 1.29 is 13.2 Å². The molecule has 0 fully saturated rings. The zero-order valence-electron chi connectivity index (χ0n) is 17.6. The molecule has 0 aliphatic rings. The highest BCUT2D eigenvalue weighted by Crippen LogP contribution is 2.19. The van der Waals surface area contributed by atoms with E-state index in [0.717, 1.165) is 5.56 Å². The van der Waals surface area contributed by atoms with Crippen molar-refractivity contribution >= 4 is 44.8 Å². The lowest BCUT2D eigenvalue weighted by molar-refractivity contribution is 0.102. The van der Waals surface area contributed by atoms with Gasteiger partial charge in [-0.2, -0.15) is 9.61 Å². The van der Waals surface area contributed by atoms with E-state index in [2.05, 4.69) is 20.0 Å². The summed E-state index contributed by atoms with van der Waals surface area (Å²) in [5.41, 5.74) is 2.11. The van der Waals surface area contributed by atoms with Crippen LogP contribution in [-0.2, 0) is 16.4 Å². The van der Waals surface area contributed by atoms with Crippen LogP contribution in [-0.4, -0.2) is 46.3 Å². The molecule has 0 amide bonds. The number of sulfonamides is 1. The molecule has 33 heavy (non-hydrogen) atoms. The monoisotopic (exact) mass is 501 g/mol. The van der Waals surface area contributed by atoms with Crippen LogP contribution in [0.15, 0.2) is 70.6 Å². The maximum absolute atomic E-state index is 12.5. The molecule has 4 rings (SSSR count). The van der Waals surface area contributed by atoms with E-state index < -0.39 is 10.0 Å². The summed E-state index contributed by atoms with van der Waals surface area (Å²) in [4.78, 5) is 12.6. The second-order valence-corrected chi connectivity index (χ2v) is 10.4. The van der Waals surface area contributed by atoms with Crippen molar-refractivity contribution in [2.24, 2.45) is 0 Å². The number of hydrogen-bond acceptors (Lipinski definition) is 7. The maximum Gasteiger partial charge on any atom is 0.240 e. The zero-order chi connectivity index (χ0) is 23.4. The number of nitrogens with zero attached hydrogens (tertiary/aromatic N) is 4. The van der Waals surface area contributed by atoms with Crippen LogP contribution >= 0.6 is 23.4 Å². The number of aryl methyl sites for hydroxylation is 1. The summed E-state index contributed by atoms with van der Waals surface area (Å²) in [6, 6.07) is 16.9. The van der Waals surface area contributed by atoms with Gasteiger partial charge in [0, 0.05) is 23.6 Å². The molecule has 0 spiro atoms. The second-order valence-electron chi connectivity index (χ2n) is 7.24. The fraction of sp³-hybridized carbons (Fsp3) is 0.182. The lowest BCUT2D eigenvalue weighted by atomic mass is 10.1. The van der Waals surface area contributed by atoms with E-state index in [1.54, 1.807) is 65.2 Å². The predicted molar refractivity (Wildman–Crippen MR) is 127 cm³/mol. The number of hydrogen-bond donors (Lipinski definition) is 1. The van der Waals surface area contributed by atoms with Crippen LogP contribution in [0.1, 0.15) is 21.7 Å². The standard InChI is InChI=1S/C22H20ClN5O3S2/c1-15-2-8-18(9-3-15)33(30,31)24-13-12-21-26-25-20-10-11-22(27-28(20)21)32-14-19(29)16-4-6-17(23)7-5-16/h2-11,24H,12-14H2,1H3. The first-order valence-electron chi connectivity index (χ1n) is 10.0. The van der Waals surface area contributed by atoms with Gasteiger partial charge < -0.3 is 0 Å². The molecule has 2 aromatic carbocycles. The van der Waals surface area contributed by atoms with E-state index in [0.29, 0.717) is 33.5 Å². The van der Waals surface area contributed by atoms with Crippen molar-refractivity contribution in [3.8, 4) is 0 Å². The molecule has 0 bridgehead atoms. The van der Waals surface area contributed by atoms with Gasteiger partial charge in [-0.05, 0) is 55.5 Å². The van der Waals surface area contributed by atoms with Gasteiger partial charge in [-0.25, -0.2) is 13.1 Å². The van der Waals surface area contributed by atoms with E-state index in [1.165, 1.54) is 11.8 Å². The minimum absolute atomic E-state index is 0.0342. The first-order valence-corrected chi connectivity index (χ1v) is 12.9. The molecule has 0 unspecified atom stereocenters. The highest BCUT2D eigenvalue weighted by molar-refractivity contribution is 7.99. The van der Waals surface area contributed by atoms with Gasteiger partial charge in [0.05, 0.1) is 10.6 Å². The maximum atomic E-state index is 12.5. The van der Waals surface area contributed by atoms with Crippen molar-refractivity contribution in [2.45, 2.75) is 23.3 Å². The van der Waals surface area contributed by atoms with Crippen LogP contribution in [0.4, 0.5) is 0 Å². The number of ketones is 1. The Labute approximate surface area is 200 Å². The van der Waals surface area contributed by atoms with Crippen LogP contribution in [0.5, 0.6) is 0 Å². The Balaban J connectivity index is 1.39. The number of nitrogens with one attached hydrogen (secondary N) is 1. The van der Waals surface area contributed by atoms with Crippen LogP contribution < -0.4 is 4.72 Å². The third-order valence-corrected chi connectivity index (χ3v) is 7.44. The summed E-state index contributed by atoms with van der Waals surface area (Å²) < 4.78 is 29.1.